The summed E-state index contributed by atoms with van der Waals surface area (Å²) in [6.45, 7) is 14.4. The molecule has 1 rings (SSSR count). The molecule has 2 heteroatoms. The van der Waals surface area contributed by atoms with Gasteiger partial charge in [0.2, 0.25) is 0 Å². The van der Waals surface area contributed by atoms with Crippen LogP contribution in [0.3, 0.4) is 0 Å². The van der Waals surface area contributed by atoms with Gasteiger partial charge in [-0.15, -0.1) is 0 Å². The first-order valence-electron chi connectivity index (χ1n) is 7.32. The Bertz CT molecular complexity index is 379. The normalized spacial score (nSPS) is 11.9. The van der Waals surface area contributed by atoms with Gasteiger partial charge in [-0.1, -0.05) is 32.9 Å². The van der Waals surface area contributed by atoms with Crippen LogP contribution in [0.25, 0.3) is 0 Å². The van der Waals surface area contributed by atoms with Crippen molar-refractivity contribution in [1.29, 1.82) is 0 Å². The first-order chi connectivity index (χ1) is 8.86. The lowest BCUT2D eigenvalue weighted by atomic mass is 9.83. The quantitative estimate of drug-likeness (QED) is 0.770. The zero-order valence-electron chi connectivity index (χ0n) is 13.5. The molecule has 0 saturated carbocycles. The maximum atomic E-state index is 3.47. The molecule has 0 aliphatic rings. The summed E-state index contributed by atoms with van der Waals surface area (Å²) in [5.74, 6) is 0. The molecule has 1 aromatic rings. The van der Waals surface area contributed by atoms with Crippen molar-refractivity contribution in [3.05, 3.63) is 34.4 Å². The summed E-state index contributed by atoms with van der Waals surface area (Å²) in [6, 6.07) is 4.71. The Kier molecular flexibility index (Phi) is 6.02. The van der Waals surface area contributed by atoms with E-state index in [4.69, 9.17) is 0 Å². The molecule has 0 aliphatic heterocycles. The van der Waals surface area contributed by atoms with E-state index >= 15 is 0 Å². The van der Waals surface area contributed by atoms with Gasteiger partial charge in [-0.3, -0.25) is 0 Å². The van der Waals surface area contributed by atoms with Crippen molar-refractivity contribution in [2.24, 2.45) is 0 Å². The highest BCUT2D eigenvalue weighted by molar-refractivity contribution is 5.40. The predicted molar refractivity (Wildman–Crippen MR) is 85.1 cm³/mol. The van der Waals surface area contributed by atoms with Gasteiger partial charge in [0.1, 0.15) is 0 Å². The lowest BCUT2D eigenvalue weighted by molar-refractivity contribution is 0.588. The van der Waals surface area contributed by atoms with Crippen molar-refractivity contribution in [1.82, 2.24) is 10.6 Å². The fourth-order valence-corrected chi connectivity index (χ4v) is 2.37. The van der Waals surface area contributed by atoms with E-state index in [1.165, 1.54) is 22.3 Å². The van der Waals surface area contributed by atoms with Crippen LogP contribution in [0.4, 0.5) is 0 Å². The Morgan fingerprint density at radius 3 is 2.00 bits per heavy atom. The highest BCUT2D eigenvalue weighted by Gasteiger charge is 2.15. The molecule has 0 radical (unpaired) electrons. The molecule has 2 nitrogen and oxygen atoms in total. The van der Waals surface area contributed by atoms with E-state index in [9.17, 15) is 0 Å². The van der Waals surface area contributed by atoms with Gasteiger partial charge >= 0.3 is 0 Å². The van der Waals surface area contributed by atoms with Crippen LogP contribution in [0.2, 0.25) is 0 Å². The number of hydrogen-bond acceptors (Lipinski definition) is 2. The summed E-state index contributed by atoms with van der Waals surface area (Å²) in [6.07, 6.45) is 1.12. The minimum absolute atomic E-state index is 0.235. The molecule has 0 bridgehead atoms. The smallest absolute Gasteiger partial charge is 0.00767 e. The standard InChI is InChI=1S/C17H30N2/c1-13-11-15(17(3,4)5)12-14(2)16(13)7-8-19-10-9-18-6/h11-12,18-19H,7-10H2,1-6H3. The lowest BCUT2D eigenvalue weighted by Crippen LogP contribution is -2.26. The highest BCUT2D eigenvalue weighted by atomic mass is 14.9. The molecular weight excluding hydrogens is 232 g/mol. The number of aryl methyl sites for hydroxylation is 2. The minimum atomic E-state index is 0.235. The zero-order valence-corrected chi connectivity index (χ0v) is 13.5. The van der Waals surface area contributed by atoms with Crippen molar-refractivity contribution in [2.45, 2.75) is 46.5 Å². The maximum Gasteiger partial charge on any atom is 0.00767 e. The SMILES string of the molecule is CNCCNCCc1c(C)cc(C(C)(C)C)cc1C. The van der Waals surface area contributed by atoms with Crippen LogP contribution < -0.4 is 10.6 Å². The first-order valence-corrected chi connectivity index (χ1v) is 7.32. The van der Waals surface area contributed by atoms with E-state index in [2.05, 4.69) is 57.4 Å². The molecule has 0 atom stereocenters. The largest absolute Gasteiger partial charge is 0.318 e. The minimum Gasteiger partial charge on any atom is -0.318 e. The Morgan fingerprint density at radius 1 is 0.947 bits per heavy atom. The lowest BCUT2D eigenvalue weighted by Gasteiger charge is -2.22. The third-order valence-corrected chi connectivity index (χ3v) is 3.67. The summed E-state index contributed by atoms with van der Waals surface area (Å²) in [5, 5.41) is 6.62. The molecule has 0 fully saturated rings. The summed E-state index contributed by atoms with van der Waals surface area (Å²) in [5.41, 5.74) is 6.04. The van der Waals surface area contributed by atoms with E-state index in [0.717, 1.165) is 26.1 Å². The van der Waals surface area contributed by atoms with Gasteiger partial charge in [0.05, 0.1) is 0 Å². The Morgan fingerprint density at radius 2 is 1.53 bits per heavy atom. The average molecular weight is 262 g/mol. The average Bonchev–Trinajstić information content (AvgIpc) is 2.30. The molecule has 0 spiro atoms. The van der Waals surface area contributed by atoms with Crippen molar-refractivity contribution in [3.8, 4) is 0 Å². The summed E-state index contributed by atoms with van der Waals surface area (Å²) in [4.78, 5) is 0. The molecule has 0 unspecified atom stereocenters. The summed E-state index contributed by atoms with van der Waals surface area (Å²) in [7, 11) is 1.99. The van der Waals surface area contributed by atoms with Gasteiger partial charge in [-0.05, 0) is 61.5 Å². The van der Waals surface area contributed by atoms with Crippen molar-refractivity contribution in [3.63, 3.8) is 0 Å². The van der Waals surface area contributed by atoms with Crippen molar-refractivity contribution < 1.29 is 0 Å². The van der Waals surface area contributed by atoms with Crippen LogP contribution in [-0.2, 0) is 11.8 Å². The van der Waals surface area contributed by atoms with Crippen LogP contribution in [0.15, 0.2) is 12.1 Å². The summed E-state index contributed by atoms with van der Waals surface area (Å²) >= 11 is 0. The molecular formula is C17H30N2. The molecule has 19 heavy (non-hydrogen) atoms. The number of rotatable bonds is 6. The molecule has 2 N–H and O–H groups in total. The second-order valence-corrected chi connectivity index (χ2v) is 6.44. The third-order valence-electron chi connectivity index (χ3n) is 3.67. The molecule has 0 aromatic heterocycles. The van der Waals surface area contributed by atoms with Crippen LogP contribution in [0.1, 0.15) is 43.0 Å². The third kappa shape index (κ3) is 4.96. The molecule has 0 amide bonds. The van der Waals surface area contributed by atoms with Gasteiger partial charge in [0.25, 0.3) is 0 Å². The van der Waals surface area contributed by atoms with E-state index in [1.807, 2.05) is 7.05 Å². The topological polar surface area (TPSA) is 24.1 Å². The second kappa shape index (κ2) is 7.06. The number of likely N-dealkylation sites (N-methyl/N-ethyl adjacent to an activating group) is 1. The van der Waals surface area contributed by atoms with E-state index in [1.54, 1.807) is 0 Å². The Hall–Kier alpha value is -0.860. The Labute approximate surface area is 119 Å². The fourth-order valence-electron chi connectivity index (χ4n) is 2.37. The Balaban J connectivity index is 2.70. The molecule has 108 valence electrons. The van der Waals surface area contributed by atoms with Crippen molar-refractivity contribution in [2.75, 3.05) is 26.7 Å². The molecule has 0 aliphatic carbocycles. The molecule has 0 heterocycles. The van der Waals surface area contributed by atoms with E-state index in [0.29, 0.717) is 0 Å². The maximum absolute atomic E-state index is 3.47. The molecule has 1 aromatic carbocycles. The molecule has 0 saturated heterocycles. The number of hydrogen-bond donors (Lipinski definition) is 2. The monoisotopic (exact) mass is 262 g/mol. The van der Waals surface area contributed by atoms with Gasteiger partial charge in [-0.25, -0.2) is 0 Å². The van der Waals surface area contributed by atoms with E-state index < -0.39 is 0 Å². The van der Waals surface area contributed by atoms with E-state index in [-0.39, 0.29) is 5.41 Å². The zero-order chi connectivity index (χ0) is 14.5. The van der Waals surface area contributed by atoms with Crippen LogP contribution >= 0.6 is 0 Å². The van der Waals surface area contributed by atoms with Crippen LogP contribution in [0, 0.1) is 13.8 Å². The highest BCUT2D eigenvalue weighted by Crippen LogP contribution is 2.26. The first kappa shape index (κ1) is 16.2. The van der Waals surface area contributed by atoms with Crippen LogP contribution in [-0.4, -0.2) is 26.7 Å². The van der Waals surface area contributed by atoms with Crippen molar-refractivity contribution >= 4 is 0 Å². The summed E-state index contributed by atoms with van der Waals surface area (Å²) < 4.78 is 0. The van der Waals surface area contributed by atoms with Gasteiger partial charge < -0.3 is 10.6 Å². The van der Waals surface area contributed by atoms with Gasteiger partial charge in [-0.2, -0.15) is 0 Å². The van der Waals surface area contributed by atoms with Gasteiger partial charge in [0, 0.05) is 13.1 Å². The number of benzene rings is 1. The van der Waals surface area contributed by atoms with Crippen LogP contribution in [0.5, 0.6) is 0 Å². The fraction of sp³-hybridized carbons (Fsp3) is 0.647. The number of nitrogens with one attached hydrogen (secondary N) is 2. The predicted octanol–water partition coefficient (Wildman–Crippen LogP) is 2.95. The second-order valence-electron chi connectivity index (χ2n) is 6.44. The van der Waals surface area contributed by atoms with Gasteiger partial charge in [0.15, 0.2) is 0 Å².